The van der Waals surface area contributed by atoms with Crippen molar-refractivity contribution in [2.24, 2.45) is 5.73 Å². The van der Waals surface area contributed by atoms with Crippen LogP contribution >= 0.6 is 11.8 Å². The molecule has 16 heteroatoms. The van der Waals surface area contributed by atoms with Crippen LogP contribution in [0.1, 0.15) is 23.1 Å². The summed E-state index contributed by atoms with van der Waals surface area (Å²) in [7, 11) is -3.78. The third kappa shape index (κ3) is 10.9. The van der Waals surface area contributed by atoms with Crippen LogP contribution in [-0.2, 0) is 36.7 Å². The topological polar surface area (TPSA) is 183 Å². The van der Waals surface area contributed by atoms with Crippen LogP contribution in [0.25, 0.3) is 0 Å². The second kappa shape index (κ2) is 15.5. The summed E-state index contributed by atoms with van der Waals surface area (Å²) in [4.78, 5) is 37.4. The van der Waals surface area contributed by atoms with Gasteiger partial charge in [-0.05, 0) is 23.3 Å². The standard InChI is InChI=1S/C27H29N5O4S2.C2HF3O2/c28-26(29)21-12-10-19(11-13-21)16-30-25(33)14-15-32-23-8-4-5-9-24(23)37-17-22(27(32)34)31-38(35,36)18-20-6-2-1-3-7-20;3-2(4,5)1(6)7/h1-13,22,31H,14-18H2,(H3,28,29)(H,30,33);(H,6,7)/t22-;/m0./s1. The number of amides is 2. The van der Waals surface area contributed by atoms with E-state index in [2.05, 4.69) is 10.0 Å². The molecule has 0 saturated heterocycles. The number of carbonyl (C=O) groups is 3. The van der Waals surface area contributed by atoms with E-state index in [1.165, 1.54) is 16.7 Å². The van der Waals surface area contributed by atoms with E-state index in [1.807, 2.05) is 24.3 Å². The lowest BCUT2D eigenvalue weighted by molar-refractivity contribution is -0.192. The van der Waals surface area contributed by atoms with Crippen molar-refractivity contribution in [3.05, 3.63) is 95.6 Å². The molecule has 2 amide bonds. The number of nitrogens with two attached hydrogens (primary N) is 1. The summed E-state index contributed by atoms with van der Waals surface area (Å²) in [5, 5.41) is 17.4. The Labute approximate surface area is 261 Å². The highest BCUT2D eigenvalue weighted by Crippen LogP contribution is 2.34. The predicted octanol–water partition coefficient (Wildman–Crippen LogP) is 3.24. The number of alkyl halides is 3. The Hall–Kier alpha value is -4.41. The molecule has 0 saturated carbocycles. The number of benzene rings is 3. The molecular weight excluding hydrogens is 635 g/mol. The van der Waals surface area contributed by atoms with Gasteiger partial charge in [0.15, 0.2) is 0 Å². The van der Waals surface area contributed by atoms with E-state index in [1.54, 1.807) is 54.6 Å². The lowest BCUT2D eigenvalue weighted by Crippen LogP contribution is -2.50. The number of sulfonamides is 1. The average molecular weight is 666 g/mol. The highest BCUT2D eigenvalue weighted by atomic mass is 32.2. The van der Waals surface area contributed by atoms with Crippen molar-refractivity contribution in [3.8, 4) is 0 Å². The Morgan fingerprint density at radius 3 is 2.20 bits per heavy atom. The summed E-state index contributed by atoms with van der Waals surface area (Å²) in [6, 6.07) is 22.2. The van der Waals surface area contributed by atoms with Crippen molar-refractivity contribution in [3.63, 3.8) is 0 Å². The van der Waals surface area contributed by atoms with Gasteiger partial charge in [-0.3, -0.25) is 15.0 Å². The molecule has 11 nitrogen and oxygen atoms in total. The van der Waals surface area contributed by atoms with Crippen LogP contribution in [0.2, 0.25) is 0 Å². The SMILES string of the molecule is N=C(N)c1ccc(CNC(=O)CCN2C(=O)[C@@H](NS(=O)(=O)Cc3ccccc3)CSc3ccccc32)cc1.O=C(O)C(F)(F)F. The number of rotatable bonds is 10. The second-order valence-corrected chi connectivity index (χ2v) is 12.4. The lowest BCUT2D eigenvalue weighted by atomic mass is 10.1. The first-order chi connectivity index (χ1) is 21.2. The van der Waals surface area contributed by atoms with Gasteiger partial charge in [0.05, 0.1) is 11.4 Å². The summed E-state index contributed by atoms with van der Waals surface area (Å²) < 4.78 is 60.1. The van der Waals surface area contributed by atoms with Gasteiger partial charge < -0.3 is 21.1 Å². The number of carbonyl (C=O) groups excluding carboxylic acids is 2. The molecule has 0 aromatic heterocycles. The molecule has 3 aromatic carbocycles. The molecule has 4 rings (SSSR count). The number of nitrogens with one attached hydrogen (secondary N) is 3. The first-order valence-corrected chi connectivity index (χ1v) is 15.9. The van der Waals surface area contributed by atoms with E-state index in [0.717, 1.165) is 10.5 Å². The smallest absolute Gasteiger partial charge is 0.475 e. The van der Waals surface area contributed by atoms with E-state index >= 15 is 0 Å². The summed E-state index contributed by atoms with van der Waals surface area (Å²) in [6.07, 6.45) is -5.04. The maximum atomic E-state index is 13.5. The zero-order valence-electron chi connectivity index (χ0n) is 23.6. The minimum atomic E-state index is -5.08. The monoisotopic (exact) mass is 665 g/mol. The van der Waals surface area contributed by atoms with Gasteiger partial charge in [-0.2, -0.15) is 13.2 Å². The summed E-state index contributed by atoms with van der Waals surface area (Å²) in [5.41, 5.74) is 8.20. The molecule has 1 aliphatic heterocycles. The molecule has 3 aromatic rings. The van der Waals surface area contributed by atoms with Crippen molar-refractivity contribution in [2.45, 2.75) is 35.8 Å². The molecule has 1 aliphatic rings. The Morgan fingerprint density at radius 1 is 1.00 bits per heavy atom. The number of halogens is 3. The van der Waals surface area contributed by atoms with Crippen LogP contribution in [-0.4, -0.2) is 61.7 Å². The molecular formula is C29H30F3N5O6S2. The highest BCUT2D eigenvalue weighted by Gasteiger charge is 2.38. The zero-order valence-corrected chi connectivity index (χ0v) is 25.2. The number of hydrogen-bond acceptors (Lipinski definition) is 7. The van der Waals surface area contributed by atoms with Crippen molar-refractivity contribution in [1.82, 2.24) is 10.0 Å². The fraction of sp³-hybridized carbons (Fsp3) is 0.241. The van der Waals surface area contributed by atoms with Crippen LogP contribution in [0.5, 0.6) is 0 Å². The quantitative estimate of drug-likeness (QED) is 0.162. The van der Waals surface area contributed by atoms with Crippen LogP contribution in [0, 0.1) is 5.41 Å². The highest BCUT2D eigenvalue weighted by molar-refractivity contribution is 7.99. The normalized spacial score (nSPS) is 14.8. The number of aliphatic carboxylic acids is 1. The van der Waals surface area contributed by atoms with Crippen LogP contribution in [0.4, 0.5) is 18.9 Å². The molecule has 6 N–H and O–H groups in total. The third-order valence-electron chi connectivity index (χ3n) is 6.21. The van der Waals surface area contributed by atoms with Gasteiger partial charge in [-0.25, -0.2) is 17.9 Å². The minimum Gasteiger partial charge on any atom is -0.475 e. The molecule has 45 heavy (non-hydrogen) atoms. The van der Waals surface area contributed by atoms with Gasteiger partial charge in [-0.15, -0.1) is 11.8 Å². The Balaban J connectivity index is 0.000000707. The third-order valence-corrected chi connectivity index (χ3v) is 8.72. The Morgan fingerprint density at radius 2 is 1.60 bits per heavy atom. The van der Waals surface area contributed by atoms with Gasteiger partial charge in [0.1, 0.15) is 11.9 Å². The fourth-order valence-electron chi connectivity index (χ4n) is 4.03. The van der Waals surface area contributed by atoms with Crippen LogP contribution in [0.3, 0.4) is 0 Å². The average Bonchev–Trinajstić information content (AvgIpc) is 3.11. The molecule has 1 heterocycles. The number of nitrogen functional groups attached to an aromatic ring is 1. The maximum Gasteiger partial charge on any atom is 0.490 e. The van der Waals surface area contributed by atoms with Crippen molar-refractivity contribution in [2.75, 3.05) is 17.2 Å². The van der Waals surface area contributed by atoms with Crippen LogP contribution in [0.15, 0.2) is 83.8 Å². The van der Waals surface area contributed by atoms with Gasteiger partial charge in [0.25, 0.3) is 0 Å². The lowest BCUT2D eigenvalue weighted by Gasteiger charge is -2.25. The summed E-state index contributed by atoms with van der Waals surface area (Å²) >= 11 is 1.40. The van der Waals surface area contributed by atoms with Crippen molar-refractivity contribution in [1.29, 1.82) is 5.41 Å². The fourth-order valence-corrected chi connectivity index (χ4v) is 6.54. The first kappa shape index (κ1) is 35.1. The molecule has 0 fully saturated rings. The number of fused-ring (bicyclic) bond motifs is 1. The van der Waals surface area contributed by atoms with Crippen molar-refractivity contribution >= 4 is 51.1 Å². The van der Waals surface area contributed by atoms with Crippen molar-refractivity contribution < 1.29 is 41.1 Å². The minimum absolute atomic E-state index is 0.0261. The largest absolute Gasteiger partial charge is 0.490 e. The number of anilines is 1. The molecule has 1 atom stereocenters. The van der Waals surface area contributed by atoms with E-state index in [9.17, 15) is 31.2 Å². The predicted molar refractivity (Wildman–Crippen MR) is 163 cm³/mol. The van der Waals surface area contributed by atoms with Gasteiger partial charge >= 0.3 is 12.1 Å². The van der Waals surface area contributed by atoms with E-state index < -0.39 is 34.1 Å². The number of para-hydroxylation sites is 1. The summed E-state index contributed by atoms with van der Waals surface area (Å²) in [5.74, 6) is -3.42. The number of nitrogens with zero attached hydrogens (tertiary/aromatic N) is 1. The number of amidine groups is 1. The number of carboxylic acid groups (broad SMARTS) is 1. The van der Waals surface area contributed by atoms with Gasteiger partial charge in [0.2, 0.25) is 21.8 Å². The van der Waals surface area contributed by atoms with E-state index in [4.69, 9.17) is 21.0 Å². The molecule has 0 bridgehead atoms. The Bertz CT molecular complexity index is 1620. The Kier molecular flexibility index (Phi) is 12.1. The first-order valence-electron chi connectivity index (χ1n) is 13.2. The molecule has 0 unspecified atom stereocenters. The van der Waals surface area contributed by atoms with Gasteiger partial charge in [-0.1, -0.05) is 66.7 Å². The maximum absolute atomic E-state index is 13.5. The van der Waals surface area contributed by atoms with Crippen LogP contribution < -0.4 is 20.7 Å². The second-order valence-electron chi connectivity index (χ2n) is 9.62. The molecule has 240 valence electrons. The number of thioether (sulfide) groups is 1. The molecule has 0 spiro atoms. The zero-order chi connectivity index (χ0) is 33.2. The number of carboxylic acids is 1. The molecule has 0 aliphatic carbocycles. The number of hydrogen-bond donors (Lipinski definition) is 5. The summed E-state index contributed by atoms with van der Waals surface area (Å²) in [6.45, 7) is 0.391. The van der Waals surface area contributed by atoms with E-state index in [-0.39, 0.29) is 36.2 Å². The van der Waals surface area contributed by atoms with Gasteiger partial charge in [0, 0.05) is 35.7 Å². The van der Waals surface area contributed by atoms with E-state index in [0.29, 0.717) is 23.4 Å². The molecule has 0 radical (unpaired) electrons.